The van der Waals surface area contributed by atoms with Gasteiger partial charge in [-0.1, -0.05) is 24.4 Å². The highest BCUT2D eigenvalue weighted by molar-refractivity contribution is 9.10. The van der Waals surface area contributed by atoms with Crippen molar-refractivity contribution in [3.63, 3.8) is 0 Å². The monoisotopic (exact) mass is 546 g/mol. The van der Waals surface area contributed by atoms with E-state index < -0.39 is 16.1 Å². The molecular formula is C20H24BrN2O5PS2. The third-order valence-electron chi connectivity index (χ3n) is 3.55. The SMILES string of the molecule is COC(=O)c1nc(Br)c2cccnc2c1OS(=O)(=O)c1ccc(C)cc1.CP.CSC. The maximum absolute atomic E-state index is 12.7. The van der Waals surface area contributed by atoms with Crippen molar-refractivity contribution >= 4 is 63.9 Å². The molecule has 3 aromatic rings. The fourth-order valence-electron chi connectivity index (χ4n) is 2.25. The molecule has 0 aliphatic carbocycles. The third-order valence-corrected chi connectivity index (χ3v) is 5.39. The first-order valence-corrected chi connectivity index (χ1v) is 13.8. The van der Waals surface area contributed by atoms with Gasteiger partial charge in [-0.15, -0.1) is 9.24 Å². The first kappa shape index (κ1) is 27.3. The van der Waals surface area contributed by atoms with E-state index in [9.17, 15) is 13.2 Å². The number of carbonyl (C=O) groups is 1. The summed E-state index contributed by atoms with van der Waals surface area (Å²) in [5.74, 6) is -1.12. The van der Waals surface area contributed by atoms with Gasteiger partial charge in [-0.25, -0.2) is 9.78 Å². The van der Waals surface area contributed by atoms with Crippen molar-refractivity contribution in [3.8, 4) is 5.75 Å². The van der Waals surface area contributed by atoms with Crippen LogP contribution in [0.25, 0.3) is 10.9 Å². The van der Waals surface area contributed by atoms with E-state index in [0.29, 0.717) is 9.99 Å². The molecule has 11 heteroatoms. The molecule has 1 atom stereocenters. The van der Waals surface area contributed by atoms with E-state index in [0.717, 1.165) is 5.56 Å². The number of esters is 1. The smallest absolute Gasteiger partial charge is 0.360 e. The van der Waals surface area contributed by atoms with Gasteiger partial charge in [0.2, 0.25) is 5.75 Å². The van der Waals surface area contributed by atoms with E-state index in [-0.39, 0.29) is 21.9 Å². The highest BCUT2D eigenvalue weighted by Gasteiger charge is 2.27. The van der Waals surface area contributed by atoms with Crippen LogP contribution in [0.5, 0.6) is 5.75 Å². The van der Waals surface area contributed by atoms with Crippen LogP contribution in [-0.2, 0) is 14.9 Å². The summed E-state index contributed by atoms with van der Waals surface area (Å²) in [6.07, 6.45) is 5.54. The highest BCUT2D eigenvalue weighted by Crippen LogP contribution is 2.33. The van der Waals surface area contributed by atoms with Gasteiger partial charge in [-0.3, -0.25) is 4.98 Å². The standard InChI is InChI=1S/C17H13BrN2O5S.C2H6S.CH5P/c1-10-5-7-11(8-6-10)26(22,23)25-15-13-12(4-3-9-19-13)16(18)20-14(15)17(21)24-2;1-3-2;1-2/h3-9H,1-2H3;1-2H3;2H2,1H3. The van der Waals surface area contributed by atoms with Crippen LogP contribution in [0.2, 0.25) is 0 Å². The number of halogens is 1. The second-order valence-electron chi connectivity index (χ2n) is 5.73. The first-order valence-electron chi connectivity index (χ1n) is 8.76. The minimum absolute atomic E-state index is 0.0501. The second-order valence-corrected chi connectivity index (χ2v) is 8.84. The van der Waals surface area contributed by atoms with Crippen LogP contribution in [0.1, 0.15) is 16.1 Å². The molecule has 0 saturated carbocycles. The number of aryl methyl sites for hydroxylation is 1. The van der Waals surface area contributed by atoms with Crippen LogP contribution in [0.3, 0.4) is 0 Å². The Morgan fingerprint density at radius 2 is 1.71 bits per heavy atom. The number of methoxy groups -OCH3 is 1. The average Bonchev–Trinajstić information content (AvgIpc) is 2.77. The van der Waals surface area contributed by atoms with E-state index in [2.05, 4.69) is 35.1 Å². The molecule has 7 nitrogen and oxygen atoms in total. The molecule has 0 fully saturated rings. The van der Waals surface area contributed by atoms with Crippen molar-refractivity contribution in [2.24, 2.45) is 0 Å². The largest absolute Gasteiger partial charge is 0.464 e. The predicted molar refractivity (Wildman–Crippen MR) is 133 cm³/mol. The van der Waals surface area contributed by atoms with Gasteiger partial charge in [-0.05, 0) is 59.6 Å². The lowest BCUT2D eigenvalue weighted by Crippen LogP contribution is -2.15. The molecule has 0 saturated heterocycles. The van der Waals surface area contributed by atoms with Gasteiger partial charge in [0.05, 0.1) is 7.11 Å². The summed E-state index contributed by atoms with van der Waals surface area (Å²) in [5, 5.41) is 0.495. The zero-order valence-corrected chi connectivity index (χ0v) is 22.1. The summed E-state index contributed by atoms with van der Waals surface area (Å²) in [5.41, 5.74) is 0.781. The lowest BCUT2D eigenvalue weighted by atomic mass is 10.2. The molecule has 2 heterocycles. The van der Waals surface area contributed by atoms with E-state index in [1.54, 1.807) is 36.0 Å². The van der Waals surface area contributed by atoms with Gasteiger partial charge in [0.15, 0.2) is 5.69 Å². The van der Waals surface area contributed by atoms with Gasteiger partial charge in [0, 0.05) is 11.6 Å². The number of ether oxygens (including phenoxy) is 1. The molecule has 1 unspecified atom stereocenters. The number of pyridine rings is 2. The Morgan fingerprint density at radius 3 is 2.26 bits per heavy atom. The third kappa shape index (κ3) is 7.14. The molecule has 0 radical (unpaired) electrons. The molecule has 0 N–H and O–H groups in total. The first-order chi connectivity index (χ1) is 14.7. The normalized spacial score (nSPS) is 10.3. The number of nitrogens with zero attached hydrogens (tertiary/aromatic N) is 2. The maximum atomic E-state index is 12.7. The van der Waals surface area contributed by atoms with E-state index >= 15 is 0 Å². The maximum Gasteiger partial charge on any atom is 0.360 e. The summed E-state index contributed by atoms with van der Waals surface area (Å²) in [6, 6.07) is 9.47. The van der Waals surface area contributed by atoms with Crippen LogP contribution in [0.4, 0.5) is 0 Å². The molecule has 168 valence electrons. The van der Waals surface area contributed by atoms with Crippen LogP contribution < -0.4 is 4.18 Å². The summed E-state index contributed by atoms with van der Waals surface area (Å²) in [6.45, 7) is 3.75. The van der Waals surface area contributed by atoms with Crippen LogP contribution in [-0.4, -0.2) is 50.6 Å². The Hall–Kier alpha value is -1.74. The second kappa shape index (κ2) is 13.0. The van der Waals surface area contributed by atoms with Crippen molar-refractivity contribution in [2.75, 3.05) is 26.3 Å². The zero-order chi connectivity index (χ0) is 23.6. The Labute approximate surface area is 197 Å². The minimum atomic E-state index is -4.20. The van der Waals surface area contributed by atoms with Crippen molar-refractivity contribution in [1.82, 2.24) is 9.97 Å². The molecule has 0 aliphatic heterocycles. The summed E-state index contributed by atoms with van der Waals surface area (Å²) in [4.78, 5) is 20.3. The van der Waals surface area contributed by atoms with Gasteiger partial charge in [0.25, 0.3) is 0 Å². The number of thioether (sulfide) groups is 1. The van der Waals surface area contributed by atoms with Crippen molar-refractivity contribution in [1.29, 1.82) is 0 Å². The molecule has 0 bridgehead atoms. The predicted octanol–water partition coefficient (Wildman–Crippen LogP) is 4.73. The van der Waals surface area contributed by atoms with Crippen LogP contribution in [0, 0.1) is 6.92 Å². The van der Waals surface area contributed by atoms with Gasteiger partial charge < -0.3 is 8.92 Å². The van der Waals surface area contributed by atoms with Gasteiger partial charge in [0.1, 0.15) is 15.0 Å². The Balaban J connectivity index is 0.000000884. The van der Waals surface area contributed by atoms with Gasteiger partial charge in [-0.2, -0.15) is 20.2 Å². The molecule has 3 rings (SSSR count). The lowest BCUT2D eigenvalue weighted by Gasteiger charge is -2.13. The number of hydrogen-bond donors (Lipinski definition) is 0. The number of rotatable bonds is 4. The Kier molecular flexibility index (Phi) is 11.4. The number of carbonyl (C=O) groups excluding carboxylic acids is 1. The fraction of sp³-hybridized carbons (Fsp3) is 0.250. The van der Waals surface area contributed by atoms with Crippen LogP contribution >= 0.6 is 36.9 Å². The Morgan fingerprint density at radius 1 is 1.13 bits per heavy atom. The molecule has 0 amide bonds. The molecular weight excluding hydrogens is 523 g/mol. The summed E-state index contributed by atoms with van der Waals surface area (Å²) >= 11 is 5.00. The Bertz CT molecular complexity index is 1130. The minimum Gasteiger partial charge on any atom is -0.464 e. The highest BCUT2D eigenvalue weighted by atomic mass is 79.9. The molecule has 1 aromatic carbocycles. The number of hydrogen-bond acceptors (Lipinski definition) is 8. The van der Waals surface area contributed by atoms with Crippen LogP contribution in [0.15, 0.2) is 52.1 Å². The topological polar surface area (TPSA) is 95.4 Å². The number of aromatic nitrogens is 2. The fourth-order valence-corrected chi connectivity index (χ4v) is 3.69. The van der Waals surface area contributed by atoms with E-state index in [4.69, 9.17) is 8.92 Å². The lowest BCUT2D eigenvalue weighted by molar-refractivity contribution is 0.0592. The molecule has 31 heavy (non-hydrogen) atoms. The van der Waals surface area contributed by atoms with E-state index in [1.807, 2.05) is 26.1 Å². The zero-order valence-electron chi connectivity index (χ0n) is 17.7. The number of fused-ring (bicyclic) bond motifs is 1. The summed E-state index contributed by atoms with van der Waals surface area (Å²) < 4.78 is 35.6. The molecule has 0 spiro atoms. The van der Waals surface area contributed by atoms with Crippen molar-refractivity contribution < 1.29 is 22.1 Å². The summed E-state index contributed by atoms with van der Waals surface area (Å²) in [7, 11) is -0.620. The molecule has 2 aromatic heterocycles. The van der Waals surface area contributed by atoms with Gasteiger partial charge >= 0.3 is 16.1 Å². The van der Waals surface area contributed by atoms with Crippen molar-refractivity contribution in [3.05, 3.63) is 58.5 Å². The quantitative estimate of drug-likeness (QED) is 0.200. The average molecular weight is 547 g/mol. The number of benzene rings is 1. The van der Waals surface area contributed by atoms with E-state index in [1.165, 1.54) is 25.4 Å². The molecule has 0 aliphatic rings. The van der Waals surface area contributed by atoms with Crippen molar-refractivity contribution in [2.45, 2.75) is 11.8 Å².